The minimum absolute atomic E-state index is 0.542. The van der Waals surface area contributed by atoms with Gasteiger partial charge in [0.15, 0.2) is 0 Å². The highest BCUT2D eigenvalue weighted by Gasteiger charge is 2.15. The van der Waals surface area contributed by atoms with Crippen LogP contribution in [0.1, 0.15) is 11.1 Å². The Bertz CT molecular complexity index is 1700. The molecule has 7 heteroatoms. The molecule has 6 rings (SSSR count). The van der Waals surface area contributed by atoms with E-state index in [2.05, 4.69) is 76.3 Å². The molecule has 6 aromatic rings. The molecule has 0 bridgehead atoms. The lowest BCUT2D eigenvalue weighted by Gasteiger charge is -2.17. The van der Waals surface area contributed by atoms with Crippen LogP contribution in [0, 0.1) is 0 Å². The second-order valence-corrected chi connectivity index (χ2v) is 16.6. The first kappa shape index (κ1) is 24.4. The van der Waals surface area contributed by atoms with Gasteiger partial charge in [-0.15, -0.1) is 0 Å². The lowest BCUT2D eigenvalue weighted by Crippen LogP contribution is -2.21. The number of aromatic amines is 1. The first-order chi connectivity index (χ1) is 18.4. The van der Waals surface area contributed by atoms with Crippen molar-refractivity contribution in [2.75, 3.05) is 11.9 Å². The fourth-order valence-electron chi connectivity index (χ4n) is 4.75. The molecule has 0 aliphatic carbocycles. The molecule has 38 heavy (non-hydrogen) atoms. The van der Waals surface area contributed by atoms with Crippen molar-refractivity contribution >= 4 is 46.5 Å². The molecule has 0 fully saturated rings. The largest absolute Gasteiger partial charge is 0.456 e. The van der Waals surface area contributed by atoms with Crippen LogP contribution in [-0.2, 0) is 17.9 Å². The minimum Gasteiger partial charge on any atom is -0.456 e. The molecule has 2 aromatic carbocycles. The molecule has 2 N–H and O–H groups in total. The van der Waals surface area contributed by atoms with Crippen LogP contribution in [0.4, 0.5) is 5.69 Å². The zero-order valence-corrected chi connectivity index (χ0v) is 23.0. The maximum absolute atomic E-state index is 6.18. The summed E-state index contributed by atoms with van der Waals surface area (Å²) in [6.45, 7) is 9.11. The van der Waals surface area contributed by atoms with E-state index < -0.39 is 8.07 Å². The molecule has 192 valence electrons. The van der Waals surface area contributed by atoms with Crippen molar-refractivity contribution in [1.82, 2.24) is 15.0 Å². The second kappa shape index (κ2) is 10.1. The number of rotatable bonds is 9. The van der Waals surface area contributed by atoms with Crippen molar-refractivity contribution in [3.05, 3.63) is 90.5 Å². The van der Waals surface area contributed by atoms with Gasteiger partial charge in [-0.2, -0.15) is 0 Å². The molecule has 0 atom stereocenters. The Morgan fingerprint density at radius 3 is 2.71 bits per heavy atom. The number of fused-ring (bicyclic) bond motifs is 3. The van der Waals surface area contributed by atoms with Crippen LogP contribution < -0.4 is 5.32 Å². The first-order valence-corrected chi connectivity index (χ1v) is 16.8. The topological polar surface area (TPSA) is 76.0 Å². The standard InChI is InChI=1S/C31H32N4O2Si/c1-38(2,3)13-12-36-20-24-18-35-31-25(10-11-33-31)30(24)34-16-21-8-9-23-17-32-19-27(26(23)14-21)29-15-22-6-4-5-7-28(22)37-29/h4-11,14-15,17-19H,12-13,16,20H2,1-3H3,(H2,33,34,35). The number of hydrogen-bond acceptors (Lipinski definition) is 5. The van der Waals surface area contributed by atoms with E-state index in [9.17, 15) is 0 Å². The van der Waals surface area contributed by atoms with E-state index in [1.54, 1.807) is 0 Å². The van der Waals surface area contributed by atoms with E-state index in [-0.39, 0.29) is 0 Å². The van der Waals surface area contributed by atoms with Crippen LogP contribution in [0.5, 0.6) is 0 Å². The first-order valence-electron chi connectivity index (χ1n) is 13.1. The van der Waals surface area contributed by atoms with E-state index in [1.807, 2.05) is 43.0 Å². The second-order valence-electron chi connectivity index (χ2n) is 11.0. The summed E-state index contributed by atoms with van der Waals surface area (Å²) in [5.74, 6) is 0.829. The monoisotopic (exact) mass is 520 g/mol. The summed E-state index contributed by atoms with van der Waals surface area (Å²) < 4.78 is 12.3. The molecule has 0 spiro atoms. The van der Waals surface area contributed by atoms with Crippen LogP contribution in [0.3, 0.4) is 0 Å². The lowest BCUT2D eigenvalue weighted by atomic mass is 10.0. The van der Waals surface area contributed by atoms with Gasteiger partial charge in [0, 0.05) is 73.3 Å². The molecular weight excluding hydrogens is 488 g/mol. The third-order valence-electron chi connectivity index (χ3n) is 6.90. The quantitative estimate of drug-likeness (QED) is 0.149. The van der Waals surface area contributed by atoms with Gasteiger partial charge in [-0.3, -0.25) is 4.98 Å². The Balaban J connectivity index is 1.28. The molecule has 4 heterocycles. The van der Waals surface area contributed by atoms with Crippen molar-refractivity contribution in [2.45, 2.75) is 38.8 Å². The summed E-state index contributed by atoms with van der Waals surface area (Å²) in [7, 11) is -1.14. The predicted octanol–water partition coefficient (Wildman–Crippen LogP) is 7.99. The van der Waals surface area contributed by atoms with Crippen molar-refractivity contribution < 1.29 is 9.15 Å². The summed E-state index contributed by atoms with van der Waals surface area (Å²) in [6, 6.07) is 19.9. The number of benzene rings is 2. The van der Waals surface area contributed by atoms with Crippen LogP contribution in [0.15, 0.2) is 83.8 Å². The van der Waals surface area contributed by atoms with Crippen LogP contribution in [0.25, 0.3) is 44.1 Å². The number of nitrogens with one attached hydrogen (secondary N) is 2. The van der Waals surface area contributed by atoms with Gasteiger partial charge in [0.2, 0.25) is 0 Å². The lowest BCUT2D eigenvalue weighted by molar-refractivity contribution is 0.133. The number of H-pyrrole nitrogens is 1. The van der Waals surface area contributed by atoms with Gasteiger partial charge >= 0.3 is 0 Å². The average molecular weight is 521 g/mol. The van der Waals surface area contributed by atoms with E-state index in [1.165, 1.54) is 5.56 Å². The Hall–Kier alpha value is -3.94. The number of para-hydroxylation sites is 1. The van der Waals surface area contributed by atoms with Crippen molar-refractivity contribution in [3.63, 3.8) is 0 Å². The summed E-state index contributed by atoms with van der Waals surface area (Å²) in [5.41, 5.74) is 6.05. The van der Waals surface area contributed by atoms with Gasteiger partial charge in [0.05, 0.1) is 12.3 Å². The molecular formula is C31H32N4O2Si. The molecule has 6 nitrogen and oxygen atoms in total. The molecule has 0 saturated heterocycles. The fraction of sp³-hybridized carbons (Fsp3) is 0.226. The predicted molar refractivity (Wildman–Crippen MR) is 158 cm³/mol. The zero-order chi connectivity index (χ0) is 26.1. The third kappa shape index (κ3) is 5.07. The van der Waals surface area contributed by atoms with Gasteiger partial charge in [0.1, 0.15) is 17.0 Å². The molecule has 0 unspecified atom stereocenters. The summed E-state index contributed by atoms with van der Waals surface area (Å²) in [5, 5.41) is 8.06. The number of nitrogens with zero attached hydrogens (tertiary/aromatic N) is 2. The van der Waals surface area contributed by atoms with E-state index >= 15 is 0 Å². The van der Waals surface area contributed by atoms with Crippen molar-refractivity contribution in [1.29, 1.82) is 0 Å². The number of hydrogen-bond donors (Lipinski definition) is 2. The molecule has 0 saturated carbocycles. The van der Waals surface area contributed by atoms with E-state index in [0.717, 1.165) is 68.0 Å². The molecule has 4 aromatic heterocycles. The number of furan rings is 1. The fourth-order valence-corrected chi connectivity index (χ4v) is 5.51. The highest BCUT2D eigenvalue weighted by Crippen LogP contribution is 2.33. The van der Waals surface area contributed by atoms with Gasteiger partial charge < -0.3 is 19.5 Å². The maximum atomic E-state index is 6.18. The van der Waals surface area contributed by atoms with E-state index in [4.69, 9.17) is 9.15 Å². The molecule has 0 aliphatic rings. The smallest absolute Gasteiger partial charge is 0.139 e. The highest BCUT2D eigenvalue weighted by molar-refractivity contribution is 6.76. The number of pyridine rings is 2. The van der Waals surface area contributed by atoms with Gasteiger partial charge in [-0.05, 0) is 41.3 Å². The number of aromatic nitrogens is 3. The van der Waals surface area contributed by atoms with Gasteiger partial charge in [-0.1, -0.05) is 50.0 Å². The third-order valence-corrected chi connectivity index (χ3v) is 8.61. The van der Waals surface area contributed by atoms with E-state index in [0.29, 0.717) is 13.2 Å². The highest BCUT2D eigenvalue weighted by atomic mass is 28.3. The SMILES string of the molecule is C[Si](C)(C)CCOCc1cnc2[nH]ccc2c1NCc1ccc2cncc(-c3cc4ccccc4o3)c2c1. The van der Waals surface area contributed by atoms with Crippen LogP contribution in [0.2, 0.25) is 25.7 Å². The van der Waals surface area contributed by atoms with Crippen LogP contribution >= 0.6 is 0 Å². The average Bonchev–Trinajstić information content (AvgIpc) is 3.56. The summed E-state index contributed by atoms with van der Waals surface area (Å²) in [4.78, 5) is 12.3. The number of anilines is 1. The Labute approximate surface area is 223 Å². The Morgan fingerprint density at radius 2 is 1.84 bits per heavy atom. The van der Waals surface area contributed by atoms with Crippen molar-refractivity contribution in [2.24, 2.45) is 0 Å². The number of ether oxygens (including phenoxy) is 1. The zero-order valence-electron chi connectivity index (χ0n) is 22.0. The van der Waals surface area contributed by atoms with Crippen LogP contribution in [-0.4, -0.2) is 29.6 Å². The van der Waals surface area contributed by atoms with Crippen molar-refractivity contribution in [3.8, 4) is 11.3 Å². The maximum Gasteiger partial charge on any atom is 0.139 e. The van der Waals surface area contributed by atoms with Gasteiger partial charge in [-0.25, -0.2) is 4.98 Å². The summed E-state index contributed by atoms with van der Waals surface area (Å²) >= 11 is 0. The summed E-state index contributed by atoms with van der Waals surface area (Å²) in [6.07, 6.45) is 7.64. The van der Waals surface area contributed by atoms with Gasteiger partial charge in [0.25, 0.3) is 0 Å². The molecule has 0 radical (unpaired) electrons. The molecule has 0 aliphatic heterocycles. The molecule has 0 amide bonds. The normalized spacial score (nSPS) is 12.1. The minimum atomic E-state index is -1.14. The Kier molecular flexibility index (Phi) is 6.47. The Morgan fingerprint density at radius 1 is 0.947 bits per heavy atom.